The van der Waals surface area contributed by atoms with E-state index in [2.05, 4.69) is 28.7 Å². The predicted molar refractivity (Wildman–Crippen MR) is 102 cm³/mol. The number of fused-ring (bicyclic) bond motifs is 1. The molecular formula is C18H21ClN4O2S. The molecule has 0 bridgehead atoms. The van der Waals surface area contributed by atoms with Crippen LogP contribution in [-0.4, -0.2) is 65.1 Å². The van der Waals surface area contributed by atoms with Gasteiger partial charge in [0.15, 0.2) is 0 Å². The van der Waals surface area contributed by atoms with Gasteiger partial charge >= 0.3 is 0 Å². The normalized spacial score (nSPS) is 19.8. The number of carbonyl (C=O) groups is 1. The Labute approximate surface area is 161 Å². The number of ether oxygens (including phenoxy) is 1. The van der Waals surface area contributed by atoms with E-state index in [9.17, 15) is 4.79 Å². The number of carbonyl (C=O) groups excluding carboxylic acids is 1. The van der Waals surface area contributed by atoms with Gasteiger partial charge in [-0.05, 0) is 37.6 Å². The Morgan fingerprint density at radius 1 is 1.31 bits per heavy atom. The van der Waals surface area contributed by atoms with Crippen LogP contribution in [-0.2, 0) is 10.3 Å². The number of hydrogen-bond donors (Lipinski definition) is 0. The molecule has 0 saturated carbocycles. The predicted octanol–water partition coefficient (Wildman–Crippen LogP) is 2.88. The molecule has 4 rings (SSSR count). The Balaban J connectivity index is 1.55. The molecular weight excluding hydrogens is 372 g/mol. The molecule has 0 atom stereocenters. The van der Waals surface area contributed by atoms with Gasteiger partial charge in [0.05, 0.1) is 34.9 Å². The fourth-order valence-electron chi connectivity index (χ4n) is 3.57. The number of aromatic nitrogens is 2. The molecule has 2 aromatic rings. The maximum absolute atomic E-state index is 13.0. The van der Waals surface area contributed by atoms with Crippen LogP contribution in [0.4, 0.5) is 0 Å². The smallest absolute Gasteiger partial charge is 0.255 e. The summed E-state index contributed by atoms with van der Waals surface area (Å²) in [5.41, 5.74) is 1.22. The van der Waals surface area contributed by atoms with Crippen molar-refractivity contribution >= 4 is 28.8 Å². The maximum Gasteiger partial charge on any atom is 0.255 e. The summed E-state index contributed by atoms with van der Waals surface area (Å²) in [5.74, 6) is 0.0981. The van der Waals surface area contributed by atoms with Crippen molar-refractivity contribution < 1.29 is 9.53 Å². The second-order valence-corrected chi connectivity index (χ2v) is 8.42. The van der Waals surface area contributed by atoms with Crippen LogP contribution >= 0.6 is 22.9 Å². The molecule has 2 aliphatic heterocycles. The quantitative estimate of drug-likeness (QED) is 0.749. The zero-order valence-electron chi connectivity index (χ0n) is 14.9. The molecule has 26 heavy (non-hydrogen) atoms. The summed E-state index contributed by atoms with van der Waals surface area (Å²) in [6.45, 7) is 9.24. The van der Waals surface area contributed by atoms with Crippen LogP contribution in [0, 0.1) is 0 Å². The van der Waals surface area contributed by atoms with Crippen molar-refractivity contribution in [2.45, 2.75) is 19.4 Å². The van der Waals surface area contributed by atoms with E-state index in [0.717, 1.165) is 60.4 Å². The van der Waals surface area contributed by atoms with Gasteiger partial charge in [0.25, 0.3) is 5.91 Å². The molecule has 138 valence electrons. The number of thiophene rings is 1. The summed E-state index contributed by atoms with van der Waals surface area (Å²) < 4.78 is 5.40. The molecule has 0 unspecified atom stereocenters. The van der Waals surface area contributed by atoms with Gasteiger partial charge in [0.2, 0.25) is 5.28 Å². The average Bonchev–Trinajstić information content (AvgIpc) is 3.14. The van der Waals surface area contributed by atoms with Crippen LogP contribution in [0.15, 0.2) is 18.3 Å². The van der Waals surface area contributed by atoms with Crippen LogP contribution in [0.2, 0.25) is 5.28 Å². The molecule has 8 heteroatoms. The fraction of sp³-hybridized carbons (Fsp3) is 0.500. The van der Waals surface area contributed by atoms with Crippen molar-refractivity contribution in [3.05, 3.63) is 34.1 Å². The molecule has 6 nitrogen and oxygen atoms in total. The van der Waals surface area contributed by atoms with E-state index < -0.39 is 0 Å². The molecule has 4 heterocycles. The van der Waals surface area contributed by atoms with Crippen molar-refractivity contribution in [1.29, 1.82) is 0 Å². The lowest BCUT2D eigenvalue weighted by atomic mass is 10.0. The number of hydrogen-bond acceptors (Lipinski definition) is 6. The number of morpholine rings is 1. The molecule has 0 radical (unpaired) electrons. The number of rotatable bonds is 4. The van der Waals surface area contributed by atoms with Gasteiger partial charge in [-0.25, -0.2) is 9.97 Å². The summed E-state index contributed by atoms with van der Waals surface area (Å²) in [4.78, 5) is 27.6. The van der Waals surface area contributed by atoms with Crippen molar-refractivity contribution in [1.82, 2.24) is 19.8 Å². The monoisotopic (exact) mass is 392 g/mol. The molecule has 1 fully saturated rings. The Morgan fingerprint density at radius 2 is 2.08 bits per heavy atom. The lowest BCUT2D eigenvalue weighted by molar-refractivity contribution is 0.0263. The minimum atomic E-state index is -0.321. The van der Waals surface area contributed by atoms with E-state index in [1.165, 1.54) is 0 Å². The van der Waals surface area contributed by atoms with E-state index in [1.807, 2.05) is 17.0 Å². The topological polar surface area (TPSA) is 58.6 Å². The van der Waals surface area contributed by atoms with Gasteiger partial charge < -0.3 is 9.64 Å². The maximum atomic E-state index is 13.0. The van der Waals surface area contributed by atoms with Crippen LogP contribution in [0.1, 0.15) is 29.1 Å². The second kappa shape index (κ2) is 6.88. The first-order valence-corrected chi connectivity index (χ1v) is 9.91. The first-order chi connectivity index (χ1) is 12.5. The first-order valence-electron chi connectivity index (χ1n) is 8.72. The van der Waals surface area contributed by atoms with E-state index in [1.54, 1.807) is 17.5 Å². The average molecular weight is 393 g/mol. The van der Waals surface area contributed by atoms with Gasteiger partial charge in [-0.15, -0.1) is 11.3 Å². The molecule has 0 spiro atoms. The SMILES string of the molecule is CC1(C)c2sc(-c3ccnc(Cl)n3)cc2C(=O)N1CCN1CCOCC1. The summed E-state index contributed by atoms with van der Waals surface area (Å²) in [5, 5.41) is 0.216. The fourth-order valence-corrected chi connectivity index (χ4v) is 4.95. The van der Waals surface area contributed by atoms with Crippen LogP contribution in [0.5, 0.6) is 0 Å². The van der Waals surface area contributed by atoms with Crippen LogP contribution in [0.3, 0.4) is 0 Å². The van der Waals surface area contributed by atoms with Crippen molar-refractivity contribution in [3.8, 4) is 10.6 Å². The Hall–Kier alpha value is -1.54. The summed E-state index contributed by atoms with van der Waals surface area (Å²) >= 11 is 7.52. The minimum absolute atomic E-state index is 0.0981. The lowest BCUT2D eigenvalue weighted by Crippen LogP contribution is -2.46. The van der Waals surface area contributed by atoms with E-state index in [0.29, 0.717) is 0 Å². The number of nitrogens with zero attached hydrogens (tertiary/aromatic N) is 4. The molecule has 0 aromatic carbocycles. The highest BCUT2D eigenvalue weighted by Crippen LogP contribution is 2.45. The van der Waals surface area contributed by atoms with E-state index >= 15 is 0 Å². The third kappa shape index (κ3) is 3.13. The van der Waals surface area contributed by atoms with Gasteiger partial charge in [0.1, 0.15) is 0 Å². The van der Waals surface area contributed by atoms with Gasteiger partial charge in [-0.2, -0.15) is 0 Å². The summed E-state index contributed by atoms with van der Waals surface area (Å²) in [7, 11) is 0. The first kappa shape index (κ1) is 17.9. The Bertz CT molecular complexity index is 832. The molecule has 1 saturated heterocycles. The third-order valence-electron chi connectivity index (χ3n) is 5.06. The molecule has 2 aliphatic rings. The Kier molecular flexibility index (Phi) is 4.73. The van der Waals surface area contributed by atoms with Crippen LogP contribution in [0.25, 0.3) is 10.6 Å². The molecule has 1 amide bonds. The molecule has 2 aromatic heterocycles. The third-order valence-corrected chi connectivity index (χ3v) is 6.71. The highest BCUT2D eigenvalue weighted by molar-refractivity contribution is 7.16. The largest absolute Gasteiger partial charge is 0.379 e. The molecule has 0 aliphatic carbocycles. The van der Waals surface area contributed by atoms with E-state index in [-0.39, 0.29) is 16.7 Å². The zero-order valence-corrected chi connectivity index (χ0v) is 16.4. The van der Waals surface area contributed by atoms with Crippen molar-refractivity contribution in [2.75, 3.05) is 39.4 Å². The minimum Gasteiger partial charge on any atom is -0.379 e. The highest BCUT2D eigenvalue weighted by Gasteiger charge is 2.44. The molecule has 0 N–H and O–H groups in total. The summed E-state index contributed by atoms with van der Waals surface area (Å²) in [6, 6.07) is 3.76. The van der Waals surface area contributed by atoms with E-state index in [4.69, 9.17) is 16.3 Å². The Morgan fingerprint density at radius 3 is 2.77 bits per heavy atom. The lowest BCUT2D eigenvalue weighted by Gasteiger charge is -2.35. The van der Waals surface area contributed by atoms with Gasteiger partial charge in [-0.3, -0.25) is 9.69 Å². The summed E-state index contributed by atoms with van der Waals surface area (Å²) in [6.07, 6.45) is 1.64. The van der Waals surface area contributed by atoms with Crippen molar-refractivity contribution in [2.24, 2.45) is 0 Å². The second-order valence-electron chi connectivity index (χ2n) is 7.03. The zero-order chi connectivity index (χ0) is 18.3. The number of amides is 1. The van der Waals surface area contributed by atoms with Gasteiger partial charge in [-0.1, -0.05) is 0 Å². The standard InChI is InChI=1S/C18H21ClN4O2S/c1-18(2)15-12(11-14(26-15)13-3-4-20-17(19)21-13)16(24)23(18)6-5-22-7-9-25-10-8-22/h3-4,11H,5-10H2,1-2H3. The van der Waals surface area contributed by atoms with Crippen molar-refractivity contribution in [3.63, 3.8) is 0 Å². The van der Waals surface area contributed by atoms with Gasteiger partial charge in [0, 0.05) is 37.3 Å². The highest BCUT2D eigenvalue weighted by atomic mass is 35.5. The van der Waals surface area contributed by atoms with Crippen LogP contribution < -0.4 is 0 Å². The number of halogens is 1.